The molecule has 0 amide bonds. The molecule has 0 N–H and O–H groups in total. The van der Waals surface area contributed by atoms with Crippen molar-refractivity contribution < 1.29 is 0 Å². The third-order valence-corrected chi connectivity index (χ3v) is 5.91. The number of hydrogen-bond donors (Lipinski definition) is 0. The van der Waals surface area contributed by atoms with Crippen molar-refractivity contribution in [1.29, 1.82) is 0 Å². The lowest BCUT2D eigenvalue weighted by molar-refractivity contribution is 1.24. The zero-order valence-electron chi connectivity index (χ0n) is 14.9. The molecular formula is C24H14N4. The van der Waals surface area contributed by atoms with Crippen LogP contribution in [0.2, 0.25) is 0 Å². The lowest BCUT2D eigenvalue weighted by atomic mass is 10.1. The molecule has 1 aliphatic carbocycles. The molecule has 6 aromatic rings. The van der Waals surface area contributed by atoms with E-state index in [1.54, 1.807) is 0 Å². The third kappa shape index (κ3) is 1.68. The zero-order chi connectivity index (χ0) is 18.2. The Morgan fingerprint density at radius 3 is 2.75 bits per heavy atom. The number of aromatic nitrogens is 4. The summed E-state index contributed by atoms with van der Waals surface area (Å²) < 4.78 is 2.24. The number of imidazole rings is 1. The second-order valence-corrected chi connectivity index (χ2v) is 7.40. The van der Waals surface area contributed by atoms with Gasteiger partial charge in [0.15, 0.2) is 0 Å². The standard InChI is InChI=1S/C24H14N4/c1-2-5-16-14(4-1)10-15-11-21-20(12-19(15)16)27-24-18-6-3-8-26-23(18)17-7-9-25-13-22(17)28(21)24/h1-9,11-13H,10H2. The summed E-state index contributed by atoms with van der Waals surface area (Å²) in [4.78, 5) is 14.1. The van der Waals surface area contributed by atoms with Crippen molar-refractivity contribution in [3.05, 3.63) is 84.3 Å². The predicted molar refractivity (Wildman–Crippen MR) is 112 cm³/mol. The van der Waals surface area contributed by atoms with Crippen molar-refractivity contribution in [1.82, 2.24) is 19.4 Å². The fourth-order valence-corrected chi connectivity index (χ4v) is 4.70. The number of rotatable bonds is 0. The maximum atomic E-state index is 5.04. The van der Waals surface area contributed by atoms with Crippen molar-refractivity contribution in [3.8, 4) is 11.1 Å². The second-order valence-electron chi connectivity index (χ2n) is 7.40. The van der Waals surface area contributed by atoms with Gasteiger partial charge in [0.05, 0.1) is 28.3 Å². The Labute approximate surface area is 160 Å². The molecule has 130 valence electrons. The molecule has 0 saturated heterocycles. The van der Waals surface area contributed by atoms with Gasteiger partial charge in [0.25, 0.3) is 0 Å². The topological polar surface area (TPSA) is 43.1 Å². The number of nitrogens with zero attached hydrogens (tertiary/aromatic N) is 4. The van der Waals surface area contributed by atoms with E-state index in [1.165, 1.54) is 22.3 Å². The summed E-state index contributed by atoms with van der Waals surface area (Å²) in [5.41, 5.74) is 10.5. The zero-order valence-corrected chi connectivity index (χ0v) is 14.9. The van der Waals surface area contributed by atoms with Crippen LogP contribution in [0.1, 0.15) is 11.1 Å². The minimum atomic E-state index is 0.940. The minimum Gasteiger partial charge on any atom is -0.290 e. The molecular weight excluding hydrogens is 344 g/mol. The molecule has 4 nitrogen and oxygen atoms in total. The second kappa shape index (κ2) is 4.93. The fraction of sp³-hybridized carbons (Fsp3) is 0.0417. The van der Waals surface area contributed by atoms with Crippen LogP contribution in [0.3, 0.4) is 0 Å². The molecule has 0 radical (unpaired) electrons. The third-order valence-electron chi connectivity index (χ3n) is 5.91. The van der Waals surface area contributed by atoms with Crippen LogP contribution in [-0.2, 0) is 6.42 Å². The summed E-state index contributed by atoms with van der Waals surface area (Å²) in [6.07, 6.45) is 6.56. The Morgan fingerprint density at radius 1 is 0.786 bits per heavy atom. The Balaban J connectivity index is 1.70. The lowest BCUT2D eigenvalue weighted by Gasteiger charge is -2.07. The van der Waals surface area contributed by atoms with Gasteiger partial charge in [-0.1, -0.05) is 24.3 Å². The molecule has 2 aromatic carbocycles. The van der Waals surface area contributed by atoms with Crippen molar-refractivity contribution in [3.63, 3.8) is 0 Å². The maximum Gasteiger partial charge on any atom is 0.148 e. The van der Waals surface area contributed by atoms with E-state index in [0.717, 1.165) is 44.9 Å². The fourth-order valence-electron chi connectivity index (χ4n) is 4.70. The largest absolute Gasteiger partial charge is 0.290 e. The molecule has 0 saturated carbocycles. The monoisotopic (exact) mass is 358 g/mol. The van der Waals surface area contributed by atoms with E-state index in [1.807, 2.05) is 30.7 Å². The molecule has 28 heavy (non-hydrogen) atoms. The van der Waals surface area contributed by atoms with Gasteiger partial charge in [-0.25, -0.2) is 4.98 Å². The first-order chi connectivity index (χ1) is 13.9. The van der Waals surface area contributed by atoms with Gasteiger partial charge >= 0.3 is 0 Å². The highest BCUT2D eigenvalue weighted by Crippen LogP contribution is 2.40. The van der Waals surface area contributed by atoms with Crippen LogP contribution in [0.5, 0.6) is 0 Å². The van der Waals surface area contributed by atoms with Crippen LogP contribution in [-0.4, -0.2) is 19.4 Å². The van der Waals surface area contributed by atoms with Crippen LogP contribution in [0.15, 0.2) is 73.2 Å². The molecule has 4 heterocycles. The van der Waals surface area contributed by atoms with Gasteiger partial charge in [-0.3, -0.25) is 14.4 Å². The van der Waals surface area contributed by atoms with Crippen LogP contribution in [0.25, 0.3) is 49.6 Å². The molecule has 0 spiro atoms. The highest BCUT2D eigenvalue weighted by Gasteiger charge is 2.21. The molecule has 1 aliphatic rings. The molecule has 0 aliphatic heterocycles. The van der Waals surface area contributed by atoms with Crippen molar-refractivity contribution in [2.75, 3.05) is 0 Å². The molecule has 0 fully saturated rings. The summed E-state index contributed by atoms with van der Waals surface area (Å²) in [5, 5.41) is 2.17. The Morgan fingerprint density at radius 2 is 1.75 bits per heavy atom. The maximum absolute atomic E-state index is 5.04. The van der Waals surface area contributed by atoms with Gasteiger partial charge in [0.1, 0.15) is 5.65 Å². The van der Waals surface area contributed by atoms with Gasteiger partial charge in [-0.15, -0.1) is 0 Å². The van der Waals surface area contributed by atoms with E-state index in [-0.39, 0.29) is 0 Å². The van der Waals surface area contributed by atoms with Gasteiger partial charge < -0.3 is 0 Å². The van der Waals surface area contributed by atoms with E-state index in [9.17, 15) is 0 Å². The van der Waals surface area contributed by atoms with Crippen LogP contribution in [0, 0.1) is 0 Å². The van der Waals surface area contributed by atoms with Crippen LogP contribution < -0.4 is 0 Å². The van der Waals surface area contributed by atoms with Gasteiger partial charge in [0.2, 0.25) is 0 Å². The summed E-state index contributed by atoms with van der Waals surface area (Å²) in [5.74, 6) is 0. The van der Waals surface area contributed by atoms with Crippen molar-refractivity contribution in [2.24, 2.45) is 0 Å². The lowest BCUT2D eigenvalue weighted by Crippen LogP contribution is -1.93. The van der Waals surface area contributed by atoms with Gasteiger partial charge in [-0.2, -0.15) is 0 Å². The van der Waals surface area contributed by atoms with Crippen LogP contribution >= 0.6 is 0 Å². The molecule has 4 heteroatoms. The molecule has 0 bridgehead atoms. The van der Waals surface area contributed by atoms with Crippen molar-refractivity contribution in [2.45, 2.75) is 6.42 Å². The van der Waals surface area contributed by atoms with E-state index < -0.39 is 0 Å². The summed E-state index contributed by atoms with van der Waals surface area (Å²) >= 11 is 0. The smallest absolute Gasteiger partial charge is 0.148 e. The van der Waals surface area contributed by atoms with Crippen LogP contribution in [0.4, 0.5) is 0 Å². The first-order valence-electron chi connectivity index (χ1n) is 9.42. The molecule has 7 rings (SSSR count). The van der Waals surface area contributed by atoms with Gasteiger partial charge in [0, 0.05) is 23.2 Å². The Hall–Kier alpha value is -3.79. The van der Waals surface area contributed by atoms with E-state index in [0.29, 0.717) is 0 Å². The van der Waals surface area contributed by atoms with E-state index in [2.05, 4.69) is 56.8 Å². The number of pyridine rings is 3. The molecule has 0 unspecified atom stereocenters. The molecule has 4 aromatic heterocycles. The Bertz CT molecular complexity index is 1590. The summed E-state index contributed by atoms with van der Waals surface area (Å²) in [6.45, 7) is 0. The summed E-state index contributed by atoms with van der Waals surface area (Å²) in [7, 11) is 0. The Kier molecular flexibility index (Phi) is 2.51. The first kappa shape index (κ1) is 14.3. The average molecular weight is 358 g/mol. The quantitative estimate of drug-likeness (QED) is 0.352. The number of benzene rings is 2. The molecule has 0 atom stereocenters. The van der Waals surface area contributed by atoms with Crippen molar-refractivity contribution >= 4 is 38.5 Å². The highest BCUT2D eigenvalue weighted by atomic mass is 15.0. The average Bonchev–Trinajstić information content (AvgIpc) is 3.30. The predicted octanol–water partition coefficient (Wildman–Crippen LogP) is 5.16. The first-order valence-corrected chi connectivity index (χ1v) is 9.42. The SMILES string of the molecule is c1ccc2c(c1)Cc1cc3c(cc1-2)nc1c2cccnc2c2ccncc2n31. The highest BCUT2D eigenvalue weighted by molar-refractivity contribution is 6.11. The van der Waals surface area contributed by atoms with Gasteiger partial charge in [-0.05, 0) is 59.0 Å². The number of hydrogen-bond acceptors (Lipinski definition) is 3. The minimum absolute atomic E-state index is 0.940. The van der Waals surface area contributed by atoms with E-state index >= 15 is 0 Å². The normalized spacial score (nSPS) is 12.9. The number of fused-ring (bicyclic) bond motifs is 11. The van der Waals surface area contributed by atoms with E-state index in [4.69, 9.17) is 4.98 Å². The summed E-state index contributed by atoms with van der Waals surface area (Å²) in [6, 6.07) is 19.3.